The fourth-order valence-corrected chi connectivity index (χ4v) is 1.16. The summed E-state index contributed by atoms with van der Waals surface area (Å²) in [6.07, 6.45) is 0. The highest BCUT2D eigenvalue weighted by molar-refractivity contribution is 6.35. The van der Waals surface area contributed by atoms with Crippen molar-refractivity contribution in [1.29, 1.82) is 0 Å². The number of carbonyl (C=O) groups excluding carboxylic acids is 1. The molecular formula is C13H17NO3. The van der Waals surface area contributed by atoms with Crippen molar-refractivity contribution in [2.45, 2.75) is 27.4 Å². The second kappa shape index (κ2) is 6.68. The maximum atomic E-state index is 11.2. The van der Waals surface area contributed by atoms with E-state index in [0.717, 1.165) is 5.56 Å². The van der Waals surface area contributed by atoms with Crippen LogP contribution < -0.4 is 0 Å². The first-order valence-electron chi connectivity index (χ1n) is 5.52. The second-order valence-corrected chi connectivity index (χ2v) is 3.66. The van der Waals surface area contributed by atoms with Crippen LogP contribution in [0.2, 0.25) is 0 Å². The Morgan fingerprint density at radius 3 is 2.53 bits per heavy atom. The van der Waals surface area contributed by atoms with Crippen LogP contribution in [0.5, 0.6) is 0 Å². The molecular weight excluding hydrogens is 218 g/mol. The summed E-state index contributed by atoms with van der Waals surface area (Å²) in [6, 6.07) is 7.93. The van der Waals surface area contributed by atoms with Crippen molar-refractivity contribution in [3.05, 3.63) is 35.4 Å². The Labute approximate surface area is 101 Å². The Kier molecular flexibility index (Phi) is 5.20. The summed E-state index contributed by atoms with van der Waals surface area (Å²) in [4.78, 5) is 16.3. The Bertz CT molecular complexity index is 396. The zero-order chi connectivity index (χ0) is 12.7. The minimum atomic E-state index is -0.448. The van der Waals surface area contributed by atoms with Gasteiger partial charge >= 0.3 is 5.97 Å². The molecule has 4 heteroatoms. The zero-order valence-corrected chi connectivity index (χ0v) is 10.4. The van der Waals surface area contributed by atoms with Gasteiger partial charge in [-0.3, -0.25) is 0 Å². The van der Waals surface area contributed by atoms with Gasteiger partial charge in [0.15, 0.2) is 5.71 Å². The fourth-order valence-electron chi connectivity index (χ4n) is 1.16. The molecule has 0 spiro atoms. The van der Waals surface area contributed by atoms with E-state index in [1.54, 1.807) is 13.8 Å². The fraction of sp³-hybridized carbons (Fsp3) is 0.385. The van der Waals surface area contributed by atoms with E-state index in [1.807, 2.05) is 31.2 Å². The number of rotatable bonds is 5. The average molecular weight is 235 g/mol. The molecule has 0 aliphatic carbocycles. The Morgan fingerprint density at radius 1 is 1.29 bits per heavy atom. The third-order valence-electron chi connectivity index (χ3n) is 2.12. The molecule has 0 saturated carbocycles. The maximum Gasteiger partial charge on any atom is 0.355 e. The summed E-state index contributed by atoms with van der Waals surface area (Å²) in [6.45, 7) is 6.01. The van der Waals surface area contributed by atoms with Crippen molar-refractivity contribution >= 4 is 11.7 Å². The molecule has 0 amide bonds. The van der Waals surface area contributed by atoms with Gasteiger partial charge in [-0.1, -0.05) is 35.0 Å². The lowest BCUT2D eigenvalue weighted by molar-refractivity contribution is -0.135. The molecule has 0 saturated heterocycles. The monoisotopic (exact) mass is 235 g/mol. The first-order valence-corrected chi connectivity index (χ1v) is 5.52. The van der Waals surface area contributed by atoms with Crippen molar-refractivity contribution in [2.75, 3.05) is 6.61 Å². The van der Waals surface area contributed by atoms with E-state index in [0.29, 0.717) is 13.2 Å². The number of carbonyl (C=O) groups is 1. The highest BCUT2D eigenvalue weighted by atomic mass is 16.6. The molecule has 0 fully saturated rings. The van der Waals surface area contributed by atoms with Gasteiger partial charge in [0.25, 0.3) is 0 Å². The van der Waals surface area contributed by atoms with Crippen LogP contribution in [0, 0.1) is 6.92 Å². The van der Waals surface area contributed by atoms with Gasteiger partial charge in [-0.15, -0.1) is 0 Å². The van der Waals surface area contributed by atoms with Crippen molar-refractivity contribution in [3.8, 4) is 0 Å². The molecule has 0 unspecified atom stereocenters. The van der Waals surface area contributed by atoms with Gasteiger partial charge < -0.3 is 9.57 Å². The molecule has 1 aromatic carbocycles. The van der Waals surface area contributed by atoms with Crippen LogP contribution in [0.4, 0.5) is 0 Å². The Hall–Kier alpha value is -1.84. The Balaban J connectivity index is 2.43. The standard InChI is InChI=1S/C13H17NO3/c1-4-16-13(15)11(3)14-17-9-12-7-5-10(2)6-8-12/h5-8H,4,9H2,1-3H3/b14-11+. The zero-order valence-electron chi connectivity index (χ0n) is 10.4. The normalized spacial score (nSPS) is 11.1. The molecule has 17 heavy (non-hydrogen) atoms. The number of nitrogens with zero attached hydrogens (tertiary/aromatic N) is 1. The molecule has 0 bridgehead atoms. The number of esters is 1. The lowest BCUT2D eigenvalue weighted by Gasteiger charge is -2.02. The predicted molar refractivity (Wildman–Crippen MR) is 65.7 cm³/mol. The van der Waals surface area contributed by atoms with Crippen LogP contribution in [0.25, 0.3) is 0 Å². The van der Waals surface area contributed by atoms with Gasteiger partial charge in [-0.2, -0.15) is 0 Å². The van der Waals surface area contributed by atoms with E-state index in [9.17, 15) is 4.79 Å². The van der Waals surface area contributed by atoms with Crippen molar-refractivity contribution in [3.63, 3.8) is 0 Å². The van der Waals surface area contributed by atoms with Gasteiger partial charge in [0.1, 0.15) is 6.61 Å². The van der Waals surface area contributed by atoms with Crippen LogP contribution >= 0.6 is 0 Å². The molecule has 0 aliphatic rings. The summed E-state index contributed by atoms with van der Waals surface area (Å²) in [7, 11) is 0. The van der Waals surface area contributed by atoms with Crippen molar-refractivity contribution in [2.24, 2.45) is 5.16 Å². The van der Waals surface area contributed by atoms with Crippen LogP contribution in [0.15, 0.2) is 29.4 Å². The van der Waals surface area contributed by atoms with Crippen LogP contribution in [0.3, 0.4) is 0 Å². The first-order chi connectivity index (χ1) is 8.13. The van der Waals surface area contributed by atoms with Gasteiger partial charge in [-0.25, -0.2) is 4.79 Å². The molecule has 1 rings (SSSR count). The SMILES string of the molecule is CCOC(=O)/C(C)=N/OCc1ccc(C)cc1. The summed E-state index contributed by atoms with van der Waals surface area (Å²) in [5.74, 6) is -0.448. The topological polar surface area (TPSA) is 47.9 Å². The number of ether oxygens (including phenoxy) is 1. The maximum absolute atomic E-state index is 11.2. The Morgan fingerprint density at radius 2 is 1.94 bits per heavy atom. The second-order valence-electron chi connectivity index (χ2n) is 3.66. The number of aryl methyl sites for hydroxylation is 1. The molecule has 92 valence electrons. The third-order valence-corrected chi connectivity index (χ3v) is 2.12. The number of hydrogen-bond donors (Lipinski definition) is 0. The molecule has 0 atom stereocenters. The summed E-state index contributed by atoms with van der Waals surface area (Å²) in [5.41, 5.74) is 2.43. The lowest BCUT2D eigenvalue weighted by Crippen LogP contribution is -2.14. The number of hydrogen-bond acceptors (Lipinski definition) is 4. The molecule has 1 aromatic rings. The highest BCUT2D eigenvalue weighted by Crippen LogP contribution is 2.04. The molecule has 0 aromatic heterocycles. The lowest BCUT2D eigenvalue weighted by atomic mass is 10.2. The summed E-state index contributed by atoms with van der Waals surface area (Å²) < 4.78 is 4.77. The van der Waals surface area contributed by atoms with Gasteiger partial charge in [-0.05, 0) is 26.3 Å². The van der Waals surface area contributed by atoms with Gasteiger partial charge in [0, 0.05) is 0 Å². The van der Waals surface area contributed by atoms with E-state index in [4.69, 9.17) is 9.57 Å². The quantitative estimate of drug-likeness (QED) is 0.447. The van der Waals surface area contributed by atoms with E-state index in [-0.39, 0.29) is 5.71 Å². The first kappa shape index (κ1) is 13.2. The summed E-state index contributed by atoms with van der Waals surface area (Å²) >= 11 is 0. The number of oxime groups is 1. The predicted octanol–water partition coefficient (Wildman–Crippen LogP) is 2.45. The number of benzene rings is 1. The largest absolute Gasteiger partial charge is 0.461 e. The third kappa shape index (κ3) is 4.68. The molecule has 0 aliphatic heterocycles. The minimum Gasteiger partial charge on any atom is -0.461 e. The van der Waals surface area contributed by atoms with E-state index in [1.165, 1.54) is 5.56 Å². The van der Waals surface area contributed by atoms with E-state index >= 15 is 0 Å². The minimum absolute atomic E-state index is 0.221. The smallest absolute Gasteiger partial charge is 0.355 e. The van der Waals surface area contributed by atoms with E-state index in [2.05, 4.69) is 5.16 Å². The van der Waals surface area contributed by atoms with Crippen LogP contribution in [-0.4, -0.2) is 18.3 Å². The molecule has 0 heterocycles. The van der Waals surface area contributed by atoms with Crippen LogP contribution in [-0.2, 0) is 21.0 Å². The highest BCUT2D eigenvalue weighted by Gasteiger charge is 2.06. The molecule has 4 nitrogen and oxygen atoms in total. The molecule has 0 radical (unpaired) electrons. The molecule has 0 N–H and O–H groups in total. The van der Waals surface area contributed by atoms with Crippen molar-refractivity contribution < 1.29 is 14.4 Å². The van der Waals surface area contributed by atoms with Crippen molar-refractivity contribution in [1.82, 2.24) is 0 Å². The van der Waals surface area contributed by atoms with Gasteiger partial charge in [0.05, 0.1) is 6.61 Å². The van der Waals surface area contributed by atoms with Crippen LogP contribution in [0.1, 0.15) is 25.0 Å². The summed E-state index contributed by atoms with van der Waals surface area (Å²) in [5, 5.41) is 3.70. The van der Waals surface area contributed by atoms with Gasteiger partial charge in [0.2, 0.25) is 0 Å². The van der Waals surface area contributed by atoms with E-state index < -0.39 is 5.97 Å². The average Bonchev–Trinajstić information content (AvgIpc) is 2.32.